The highest BCUT2D eigenvalue weighted by atomic mass is 16.5. The number of pyridine rings is 1. The molecular weight excluding hydrogens is 611 g/mol. The van der Waals surface area contributed by atoms with E-state index in [2.05, 4.69) is 127 Å². The van der Waals surface area contributed by atoms with Crippen LogP contribution in [0.4, 0.5) is 0 Å². The first-order valence-electron chi connectivity index (χ1n) is 16.9. The highest BCUT2D eigenvalue weighted by Gasteiger charge is 2.52. The van der Waals surface area contributed by atoms with Gasteiger partial charge >= 0.3 is 0 Å². The minimum Gasteiger partial charge on any atom is -0.457 e. The number of rotatable bonds is 4. The summed E-state index contributed by atoms with van der Waals surface area (Å²) in [4.78, 5) is 15.4. The number of nitrogens with zero attached hydrogens (tertiary/aromatic N) is 3. The first kappa shape index (κ1) is 28.4. The Kier molecular flexibility index (Phi) is 6.36. The molecule has 10 rings (SSSR count). The summed E-state index contributed by atoms with van der Waals surface area (Å²) in [5.41, 5.74) is 13.1. The van der Waals surface area contributed by atoms with Crippen molar-refractivity contribution in [2.45, 2.75) is 5.41 Å². The Balaban J connectivity index is 1.19. The van der Waals surface area contributed by atoms with Gasteiger partial charge in [-0.1, -0.05) is 140 Å². The number of aromatic nitrogens is 3. The molecule has 0 amide bonds. The molecular formula is C46H29N3O. The largest absolute Gasteiger partial charge is 0.457 e. The van der Waals surface area contributed by atoms with Crippen molar-refractivity contribution in [1.82, 2.24) is 15.0 Å². The lowest BCUT2D eigenvalue weighted by Gasteiger charge is -2.38. The summed E-state index contributed by atoms with van der Waals surface area (Å²) >= 11 is 0. The number of hydrogen-bond donors (Lipinski definition) is 0. The summed E-state index contributed by atoms with van der Waals surface area (Å²) in [6.07, 6.45) is 1.90. The van der Waals surface area contributed by atoms with Crippen LogP contribution in [0.1, 0.15) is 22.4 Å². The van der Waals surface area contributed by atoms with Crippen LogP contribution in [0.2, 0.25) is 0 Å². The van der Waals surface area contributed by atoms with Crippen molar-refractivity contribution in [3.8, 4) is 67.7 Å². The lowest BCUT2D eigenvalue weighted by atomic mass is 9.67. The first-order valence-corrected chi connectivity index (χ1v) is 16.9. The van der Waals surface area contributed by atoms with Gasteiger partial charge in [-0.25, -0.2) is 9.97 Å². The van der Waals surface area contributed by atoms with Gasteiger partial charge in [-0.15, -0.1) is 0 Å². The van der Waals surface area contributed by atoms with Crippen molar-refractivity contribution in [3.63, 3.8) is 0 Å². The van der Waals surface area contributed by atoms with E-state index >= 15 is 0 Å². The second-order valence-corrected chi connectivity index (χ2v) is 12.8. The summed E-state index contributed by atoms with van der Waals surface area (Å²) in [5.74, 6) is 2.37. The predicted octanol–water partition coefficient (Wildman–Crippen LogP) is 11.0. The number of fused-ring (bicyclic) bond motifs is 9. The van der Waals surface area contributed by atoms with Crippen molar-refractivity contribution in [2.75, 3.05) is 0 Å². The van der Waals surface area contributed by atoms with Gasteiger partial charge in [0.1, 0.15) is 11.5 Å². The fraction of sp³-hybridized carbons (Fsp3) is 0.0217. The minimum absolute atomic E-state index is 0.654. The molecule has 4 heteroatoms. The molecule has 3 heterocycles. The third-order valence-corrected chi connectivity index (χ3v) is 10.0. The Morgan fingerprint density at radius 3 is 1.66 bits per heavy atom. The Morgan fingerprint density at radius 1 is 0.400 bits per heavy atom. The molecule has 0 radical (unpaired) electrons. The van der Waals surface area contributed by atoms with Crippen molar-refractivity contribution >= 4 is 0 Å². The van der Waals surface area contributed by atoms with Crippen LogP contribution in [0.25, 0.3) is 56.2 Å². The second kappa shape index (κ2) is 11.2. The summed E-state index contributed by atoms with van der Waals surface area (Å²) in [6, 6.07) is 59.1. The van der Waals surface area contributed by atoms with Gasteiger partial charge in [0.25, 0.3) is 0 Å². The Hall–Kier alpha value is -6.65. The van der Waals surface area contributed by atoms with Crippen LogP contribution in [-0.4, -0.2) is 15.0 Å². The van der Waals surface area contributed by atoms with E-state index in [4.69, 9.17) is 19.7 Å². The zero-order chi connectivity index (χ0) is 33.1. The SMILES string of the molecule is c1ccc(-c2ccc(-c3cc(-c4ccc5c(c4)C4(c6ccccc6Oc6ccccc64)c4ncccc4-5)nc(-c4ccccc4)n3)cc2)cc1. The topological polar surface area (TPSA) is 47.9 Å². The molecule has 6 aromatic carbocycles. The second-order valence-electron chi connectivity index (χ2n) is 12.8. The van der Waals surface area contributed by atoms with Crippen molar-refractivity contribution in [2.24, 2.45) is 0 Å². The number of hydrogen-bond acceptors (Lipinski definition) is 4. The standard InChI is InChI=1S/C46H29N3O/c1-3-12-30(13-4-1)31-21-23-32(24-22-31)40-29-41(49-45(48-40)33-14-5-2-6-15-33)34-25-26-35-36-16-11-27-47-44(36)46(39(35)28-34)37-17-7-9-19-42(37)50-43-20-10-8-18-38(43)46/h1-29H. The molecule has 0 saturated carbocycles. The van der Waals surface area contributed by atoms with Gasteiger partial charge in [-0.2, -0.15) is 0 Å². The molecule has 0 saturated heterocycles. The van der Waals surface area contributed by atoms with Gasteiger partial charge in [0.05, 0.1) is 22.5 Å². The van der Waals surface area contributed by atoms with Crippen LogP contribution in [-0.2, 0) is 5.41 Å². The van der Waals surface area contributed by atoms with Crippen LogP contribution >= 0.6 is 0 Å². The third kappa shape index (κ3) is 4.28. The molecule has 8 aromatic rings. The molecule has 50 heavy (non-hydrogen) atoms. The third-order valence-electron chi connectivity index (χ3n) is 10.0. The number of ether oxygens (including phenoxy) is 1. The van der Waals surface area contributed by atoms with Gasteiger partial charge in [0.15, 0.2) is 5.82 Å². The fourth-order valence-corrected chi connectivity index (χ4v) is 7.76. The molecule has 0 atom stereocenters. The van der Waals surface area contributed by atoms with E-state index in [1.54, 1.807) is 0 Å². The molecule has 0 fully saturated rings. The maximum Gasteiger partial charge on any atom is 0.160 e. The molecule has 1 aliphatic carbocycles. The molecule has 1 spiro atoms. The van der Waals surface area contributed by atoms with Crippen LogP contribution < -0.4 is 4.74 Å². The minimum atomic E-state index is -0.654. The van der Waals surface area contributed by atoms with Gasteiger partial charge in [-0.05, 0) is 52.6 Å². The Bertz CT molecular complexity index is 2520. The van der Waals surface area contributed by atoms with Gasteiger partial charge in [-0.3, -0.25) is 4.98 Å². The number of benzene rings is 6. The van der Waals surface area contributed by atoms with Crippen LogP contribution in [0.5, 0.6) is 11.5 Å². The number of para-hydroxylation sites is 2. The predicted molar refractivity (Wildman–Crippen MR) is 199 cm³/mol. The van der Waals surface area contributed by atoms with Crippen molar-refractivity contribution in [1.29, 1.82) is 0 Å². The van der Waals surface area contributed by atoms with E-state index in [1.807, 2.05) is 48.7 Å². The average Bonchev–Trinajstić information content (AvgIpc) is 3.48. The Labute approximate surface area is 290 Å². The zero-order valence-corrected chi connectivity index (χ0v) is 27.0. The van der Waals surface area contributed by atoms with Crippen molar-refractivity contribution < 1.29 is 4.74 Å². The van der Waals surface area contributed by atoms with E-state index in [0.717, 1.165) is 67.5 Å². The fourth-order valence-electron chi connectivity index (χ4n) is 7.76. The first-order chi connectivity index (χ1) is 24.8. The lowest BCUT2D eigenvalue weighted by molar-refractivity contribution is 0.434. The van der Waals surface area contributed by atoms with Gasteiger partial charge in [0, 0.05) is 39.6 Å². The maximum absolute atomic E-state index is 6.53. The van der Waals surface area contributed by atoms with E-state index in [0.29, 0.717) is 5.82 Å². The molecule has 0 unspecified atom stereocenters. The molecule has 0 N–H and O–H groups in total. The summed E-state index contributed by atoms with van der Waals surface area (Å²) in [5, 5.41) is 0. The molecule has 1 aliphatic heterocycles. The van der Waals surface area contributed by atoms with E-state index in [9.17, 15) is 0 Å². The molecule has 2 aliphatic rings. The highest BCUT2D eigenvalue weighted by molar-refractivity contribution is 5.89. The quantitative estimate of drug-likeness (QED) is 0.192. The van der Waals surface area contributed by atoms with Crippen LogP contribution in [0.3, 0.4) is 0 Å². The van der Waals surface area contributed by atoms with Gasteiger partial charge < -0.3 is 4.74 Å². The molecule has 4 nitrogen and oxygen atoms in total. The zero-order valence-electron chi connectivity index (χ0n) is 27.0. The van der Waals surface area contributed by atoms with E-state index in [-0.39, 0.29) is 0 Å². The summed E-state index contributed by atoms with van der Waals surface area (Å²) in [6.45, 7) is 0. The summed E-state index contributed by atoms with van der Waals surface area (Å²) in [7, 11) is 0. The maximum atomic E-state index is 6.53. The lowest BCUT2D eigenvalue weighted by Crippen LogP contribution is -2.33. The Morgan fingerprint density at radius 2 is 0.960 bits per heavy atom. The van der Waals surface area contributed by atoms with Crippen LogP contribution in [0.15, 0.2) is 176 Å². The van der Waals surface area contributed by atoms with E-state index in [1.165, 1.54) is 16.7 Å². The average molecular weight is 640 g/mol. The summed E-state index contributed by atoms with van der Waals surface area (Å²) < 4.78 is 6.53. The smallest absolute Gasteiger partial charge is 0.160 e. The van der Waals surface area contributed by atoms with Crippen LogP contribution in [0, 0.1) is 0 Å². The molecule has 0 bridgehead atoms. The normalized spacial score (nSPS) is 13.1. The monoisotopic (exact) mass is 639 g/mol. The van der Waals surface area contributed by atoms with Gasteiger partial charge in [0.2, 0.25) is 0 Å². The van der Waals surface area contributed by atoms with Crippen molar-refractivity contribution in [3.05, 3.63) is 198 Å². The molecule has 234 valence electrons. The highest BCUT2D eigenvalue weighted by Crippen LogP contribution is 2.61. The van der Waals surface area contributed by atoms with E-state index < -0.39 is 5.41 Å². The molecule has 2 aromatic heterocycles.